The molecule has 100 valence electrons. The van der Waals surface area contributed by atoms with Crippen LogP contribution in [0.2, 0.25) is 0 Å². The molecule has 0 radical (unpaired) electrons. The molecule has 0 spiro atoms. The van der Waals surface area contributed by atoms with Crippen molar-refractivity contribution in [2.24, 2.45) is 0 Å². The molecule has 18 heavy (non-hydrogen) atoms. The fourth-order valence-electron chi connectivity index (χ4n) is 1.88. The fraction of sp³-hybridized carbons (Fsp3) is 0.600. The first-order valence-corrected chi connectivity index (χ1v) is 5.47. The first-order chi connectivity index (χ1) is 8.56. The maximum absolute atomic E-state index is 13.5. The summed E-state index contributed by atoms with van der Waals surface area (Å²) in [5, 5.41) is 20.9. The normalized spacial score (nSPS) is 27.4. The van der Waals surface area contributed by atoms with Gasteiger partial charge in [-0.3, -0.25) is 4.57 Å². The number of halogens is 1. The average Bonchev–Trinajstić information content (AvgIpc) is 2.72. The Labute approximate surface area is 102 Å². The maximum Gasteiger partial charge on any atom is 0.351 e. The van der Waals surface area contributed by atoms with E-state index in [1.807, 2.05) is 0 Å². The highest BCUT2D eigenvalue weighted by Crippen LogP contribution is 2.27. The van der Waals surface area contributed by atoms with Crippen molar-refractivity contribution in [2.75, 3.05) is 19.0 Å². The topological polar surface area (TPSA) is 96.6 Å². The van der Waals surface area contributed by atoms with E-state index in [1.54, 1.807) is 0 Å². The lowest BCUT2D eigenvalue weighted by molar-refractivity contribution is -0.0461. The Morgan fingerprint density at radius 3 is 3.00 bits per heavy atom. The van der Waals surface area contributed by atoms with Gasteiger partial charge in [0.05, 0.1) is 18.9 Å². The van der Waals surface area contributed by atoms with E-state index in [-0.39, 0.29) is 18.8 Å². The molecule has 0 bridgehead atoms. The number of aromatic nitrogens is 2. The minimum Gasteiger partial charge on any atom is -0.394 e. The second kappa shape index (κ2) is 5.01. The highest BCUT2D eigenvalue weighted by atomic mass is 19.1. The average molecular weight is 259 g/mol. The molecule has 0 aliphatic carbocycles. The lowest BCUT2D eigenvalue weighted by atomic mass is 10.2. The van der Waals surface area contributed by atoms with Crippen LogP contribution in [0.4, 0.5) is 10.2 Å². The van der Waals surface area contributed by atoms with Crippen LogP contribution in [0.25, 0.3) is 0 Å². The first kappa shape index (κ1) is 12.9. The van der Waals surface area contributed by atoms with Crippen molar-refractivity contribution in [3.8, 4) is 0 Å². The molecular weight excluding hydrogens is 245 g/mol. The van der Waals surface area contributed by atoms with Crippen LogP contribution in [0.1, 0.15) is 12.6 Å². The van der Waals surface area contributed by atoms with Gasteiger partial charge in [-0.1, -0.05) is 0 Å². The van der Waals surface area contributed by atoms with Crippen LogP contribution < -0.4 is 11.0 Å². The number of ether oxygens (including phenoxy) is 1. The lowest BCUT2D eigenvalue weighted by Gasteiger charge is -2.14. The highest BCUT2D eigenvalue weighted by molar-refractivity contribution is 5.32. The summed E-state index contributed by atoms with van der Waals surface area (Å²) in [6, 6.07) is 0. The van der Waals surface area contributed by atoms with E-state index < -0.39 is 29.9 Å². The fourth-order valence-corrected chi connectivity index (χ4v) is 1.88. The minimum atomic E-state index is -0.890. The standard InChI is InChI=1S/C10H14FN3O4/c1-12-9-5(11)3-14(10(17)13-9)8-2-6(16)7(4-15)18-8/h3,6-8,15-16H,2,4H2,1H3,(H,12,13,17)/t6-,7+,8+/m0/s1. The van der Waals surface area contributed by atoms with Gasteiger partial charge in [0.2, 0.25) is 0 Å². The van der Waals surface area contributed by atoms with Crippen molar-refractivity contribution >= 4 is 5.82 Å². The summed E-state index contributed by atoms with van der Waals surface area (Å²) in [4.78, 5) is 15.2. The molecule has 1 fully saturated rings. The summed E-state index contributed by atoms with van der Waals surface area (Å²) in [6.45, 7) is -0.364. The molecule has 1 aromatic rings. The SMILES string of the molecule is CNc1nc(=O)n([C@H]2C[C@H](O)[C@@H](CO)O2)cc1F. The Hall–Kier alpha value is -1.51. The second-order valence-corrected chi connectivity index (χ2v) is 3.99. The maximum atomic E-state index is 13.5. The molecule has 2 rings (SSSR count). The van der Waals surface area contributed by atoms with E-state index in [0.717, 1.165) is 10.8 Å². The van der Waals surface area contributed by atoms with Gasteiger partial charge < -0.3 is 20.3 Å². The summed E-state index contributed by atoms with van der Waals surface area (Å²) in [7, 11) is 1.45. The molecule has 2 heterocycles. The van der Waals surface area contributed by atoms with E-state index in [2.05, 4.69) is 10.3 Å². The number of aliphatic hydroxyl groups excluding tert-OH is 2. The molecule has 1 aliphatic heterocycles. The molecule has 3 atom stereocenters. The zero-order valence-electron chi connectivity index (χ0n) is 9.71. The van der Waals surface area contributed by atoms with Crippen molar-refractivity contribution in [1.29, 1.82) is 0 Å². The summed E-state index contributed by atoms with van der Waals surface area (Å²) in [5.74, 6) is -0.837. The van der Waals surface area contributed by atoms with Crippen molar-refractivity contribution in [1.82, 2.24) is 9.55 Å². The Balaban J connectivity index is 2.30. The van der Waals surface area contributed by atoms with E-state index in [1.165, 1.54) is 7.05 Å². The number of nitrogens with zero attached hydrogens (tertiary/aromatic N) is 2. The monoisotopic (exact) mass is 259 g/mol. The van der Waals surface area contributed by atoms with Crippen LogP contribution in [0, 0.1) is 5.82 Å². The molecule has 1 aromatic heterocycles. The minimum absolute atomic E-state index is 0.102. The van der Waals surface area contributed by atoms with Gasteiger partial charge in [0.15, 0.2) is 11.6 Å². The van der Waals surface area contributed by atoms with Crippen molar-refractivity contribution in [3.63, 3.8) is 0 Å². The van der Waals surface area contributed by atoms with Gasteiger partial charge >= 0.3 is 5.69 Å². The van der Waals surface area contributed by atoms with Crippen LogP contribution in [-0.4, -0.2) is 45.6 Å². The van der Waals surface area contributed by atoms with E-state index in [9.17, 15) is 14.3 Å². The zero-order chi connectivity index (χ0) is 13.3. The largest absolute Gasteiger partial charge is 0.394 e. The third-order valence-corrected chi connectivity index (χ3v) is 2.84. The van der Waals surface area contributed by atoms with Crippen LogP contribution in [-0.2, 0) is 4.74 Å². The summed E-state index contributed by atoms with van der Waals surface area (Å²) >= 11 is 0. The molecule has 0 saturated carbocycles. The number of rotatable bonds is 3. The van der Waals surface area contributed by atoms with Gasteiger partial charge in [0.25, 0.3) is 0 Å². The van der Waals surface area contributed by atoms with Gasteiger partial charge in [-0.25, -0.2) is 9.18 Å². The molecule has 0 amide bonds. The summed E-state index contributed by atoms with van der Waals surface area (Å²) in [5.41, 5.74) is -0.684. The third kappa shape index (κ3) is 2.22. The molecule has 1 saturated heterocycles. The van der Waals surface area contributed by atoms with Gasteiger partial charge in [0, 0.05) is 13.5 Å². The molecule has 1 aliphatic rings. The van der Waals surface area contributed by atoms with Gasteiger partial charge in [-0.15, -0.1) is 0 Å². The van der Waals surface area contributed by atoms with Gasteiger partial charge in [-0.2, -0.15) is 4.98 Å². The first-order valence-electron chi connectivity index (χ1n) is 5.47. The summed E-state index contributed by atoms with van der Waals surface area (Å²) in [6.07, 6.45) is -1.41. The number of hydrogen-bond acceptors (Lipinski definition) is 6. The van der Waals surface area contributed by atoms with Crippen LogP contribution in [0.15, 0.2) is 11.0 Å². The van der Waals surface area contributed by atoms with Gasteiger partial charge in [0.1, 0.15) is 12.3 Å². The van der Waals surface area contributed by atoms with Crippen molar-refractivity contribution in [3.05, 3.63) is 22.5 Å². The third-order valence-electron chi connectivity index (χ3n) is 2.84. The van der Waals surface area contributed by atoms with Gasteiger partial charge in [-0.05, 0) is 0 Å². The van der Waals surface area contributed by atoms with E-state index in [0.29, 0.717) is 0 Å². The molecule has 0 unspecified atom stereocenters. The quantitative estimate of drug-likeness (QED) is 0.648. The number of anilines is 1. The molecular formula is C10H14FN3O4. The summed E-state index contributed by atoms with van der Waals surface area (Å²) < 4.78 is 19.7. The highest BCUT2D eigenvalue weighted by Gasteiger charge is 2.35. The predicted octanol–water partition coefficient (Wildman–Crippen LogP) is -0.935. The Morgan fingerprint density at radius 1 is 1.72 bits per heavy atom. The molecule has 3 N–H and O–H groups in total. The molecule has 8 heteroatoms. The van der Waals surface area contributed by atoms with E-state index in [4.69, 9.17) is 9.84 Å². The van der Waals surface area contributed by atoms with Crippen LogP contribution in [0.3, 0.4) is 0 Å². The lowest BCUT2D eigenvalue weighted by Crippen LogP contribution is -2.29. The zero-order valence-corrected chi connectivity index (χ0v) is 9.71. The number of hydrogen-bond donors (Lipinski definition) is 3. The molecule has 0 aromatic carbocycles. The number of nitrogens with one attached hydrogen (secondary N) is 1. The Bertz CT molecular complexity index is 493. The van der Waals surface area contributed by atoms with Crippen LogP contribution >= 0.6 is 0 Å². The smallest absolute Gasteiger partial charge is 0.351 e. The predicted molar refractivity (Wildman–Crippen MR) is 59.6 cm³/mol. The second-order valence-electron chi connectivity index (χ2n) is 3.99. The Kier molecular flexibility index (Phi) is 3.60. The van der Waals surface area contributed by atoms with Crippen molar-refractivity contribution in [2.45, 2.75) is 24.9 Å². The number of aliphatic hydroxyl groups is 2. The Morgan fingerprint density at radius 2 is 2.44 bits per heavy atom. The van der Waals surface area contributed by atoms with Crippen LogP contribution in [0.5, 0.6) is 0 Å². The van der Waals surface area contributed by atoms with E-state index >= 15 is 0 Å². The van der Waals surface area contributed by atoms with Crippen molar-refractivity contribution < 1.29 is 19.3 Å². The molecule has 7 nitrogen and oxygen atoms in total.